The summed E-state index contributed by atoms with van der Waals surface area (Å²) in [6.45, 7) is 3.26. The zero-order valence-corrected chi connectivity index (χ0v) is 15.0. The van der Waals surface area contributed by atoms with Gasteiger partial charge in [0.2, 0.25) is 0 Å². The standard InChI is InChI=1S/C21H20FNO4/c1-12-6-8-14(9-7-12)19(25)17-18(15-4-3-5-16(22)10-15)23(11-13(2)24)21(27)20(17)26/h3-10,13,18,24-25H,11H2,1-2H3/t13-,18-/m0/s1. The van der Waals surface area contributed by atoms with Crippen molar-refractivity contribution >= 4 is 17.4 Å². The van der Waals surface area contributed by atoms with Crippen molar-refractivity contribution in [3.63, 3.8) is 0 Å². The highest BCUT2D eigenvalue weighted by atomic mass is 19.1. The normalized spacial score (nSPS) is 20.1. The van der Waals surface area contributed by atoms with Crippen LogP contribution in [-0.2, 0) is 9.59 Å². The molecular weight excluding hydrogens is 349 g/mol. The summed E-state index contributed by atoms with van der Waals surface area (Å²) in [7, 11) is 0. The Bertz CT molecular complexity index is 918. The first-order valence-corrected chi connectivity index (χ1v) is 8.58. The molecule has 0 aromatic heterocycles. The van der Waals surface area contributed by atoms with Crippen molar-refractivity contribution in [1.29, 1.82) is 0 Å². The van der Waals surface area contributed by atoms with E-state index in [0.717, 1.165) is 5.56 Å². The van der Waals surface area contributed by atoms with Gasteiger partial charge in [-0.05, 0) is 31.5 Å². The van der Waals surface area contributed by atoms with Crippen molar-refractivity contribution < 1.29 is 24.2 Å². The van der Waals surface area contributed by atoms with Gasteiger partial charge in [-0.1, -0.05) is 42.0 Å². The van der Waals surface area contributed by atoms with Gasteiger partial charge in [0.25, 0.3) is 11.7 Å². The number of aliphatic hydroxyl groups is 2. The van der Waals surface area contributed by atoms with Crippen LogP contribution in [0.15, 0.2) is 54.1 Å². The molecule has 0 aliphatic carbocycles. The van der Waals surface area contributed by atoms with E-state index in [9.17, 15) is 24.2 Å². The van der Waals surface area contributed by atoms with Crippen molar-refractivity contribution in [2.24, 2.45) is 0 Å². The molecule has 2 N–H and O–H groups in total. The number of hydrogen-bond acceptors (Lipinski definition) is 4. The summed E-state index contributed by atoms with van der Waals surface area (Å²) in [5.41, 5.74) is 1.60. The third-order valence-electron chi connectivity index (χ3n) is 4.49. The monoisotopic (exact) mass is 369 g/mol. The maximum absolute atomic E-state index is 13.8. The summed E-state index contributed by atoms with van der Waals surface area (Å²) in [5.74, 6) is -2.54. The van der Waals surface area contributed by atoms with E-state index in [1.54, 1.807) is 30.3 Å². The molecule has 0 radical (unpaired) electrons. The Morgan fingerprint density at radius 1 is 1.19 bits per heavy atom. The lowest BCUT2D eigenvalue weighted by atomic mass is 9.95. The molecule has 1 heterocycles. The Balaban J connectivity index is 2.19. The molecular formula is C21H20FNO4. The quantitative estimate of drug-likeness (QED) is 0.493. The number of nitrogens with zero attached hydrogens (tertiary/aromatic N) is 1. The Morgan fingerprint density at radius 2 is 1.85 bits per heavy atom. The van der Waals surface area contributed by atoms with Crippen LogP contribution in [0.4, 0.5) is 4.39 Å². The first-order valence-electron chi connectivity index (χ1n) is 8.58. The number of carbonyl (C=O) groups excluding carboxylic acids is 2. The minimum atomic E-state index is -0.975. The summed E-state index contributed by atoms with van der Waals surface area (Å²) >= 11 is 0. The van der Waals surface area contributed by atoms with E-state index in [1.165, 1.54) is 30.0 Å². The van der Waals surface area contributed by atoms with Gasteiger partial charge < -0.3 is 15.1 Å². The van der Waals surface area contributed by atoms with Gasteiger partial charge >= 0.3 is 0 Å². The molecule has 6 heteroatoms. The van der Waals surface area contributed by atoms with Crippen molar-refractivity contribution in [3.8, 4) is 0 Å². The molecule has 1 aliphatic heterocycles. The van der Waals surface area contributed by atoms with E-state index in [4.69, 9.17) is 0 Å². The molecule has 27 heavy (non-hydrogen) atoms. The van der Waals surface area contributed by atoms with Gasteiger partial charge in [-0.2, -0.15) is 0 Å². The molecule has 5 nitrogen and oxygen atoms in total. The second-order valence-electron chi connectivity index (χ2n) is 6.72. The molecule has 1 saturated heterocycles. The summed E-state index contributed by atoms with van der Waals surface area (Å²) in [4.78, 5) is 26.4. The minimum absolute atomic E-state index is 0.115. The highest BCUT2D eigenvalue weighted by molar-refractivity contribution is 6.46. The molecule has 2 aromatic rings. The zero-order valence-electron chi connectivity index (χ0n) is 15.0. The van der Waals surface area contributed by atoms with Gasteiger partial charge in [-0.25, -0.2) is 4.39 Å². The average molecular weight is 369 g/mol. The number of carbonyl (C=O) groups is 2. The molecule has 0 unspecified atom stereocenters. The summed E-state index contributed by atoms with van der Waals surface area (Å²) in [6.07, 6.45) is -0.890. The largest absolute Gasteiger partial charge is 0.507 e. The number of rotatable bonds is 4. The number of amides is 1. The Hall–Kier alpha value is -2.99. The van der Waals surface area contributed by atoms with E-state index in [0.29, 0.717) is 11.1 Å². The SMILES string of the molecule is Cc1ccc(C(O)=C2C(=O)C(=O)N(C[C@H](C)O)[C@H]2c2cccc(F)c2)cc1. The zero-order chi connectivity index (χ0) is 19.7. The van der Waals surface area contributed by atoms with Crippen molar-refractivity contribution in [2.45, 2.75) is 26.0 Å². The smallest absolute Gasteiger partial charge is 0.295 e. The highest BCUT2D eigenvalue weighted by Gasteiger charge is 2.46. The lowest BCUT2D eigenvalue weighted by Crippen LogP contribution is -2.35. The number of aryl methyl sites for hydroxylation is 1. The van der Waals surface area contributed by atoms with Crippen molar-refractivity contribution in [3.05, 3.63) is 76.6 Å². The first kappa shape index (κ1) is 18.8. The van der Waals surface area contributed by atoms with E-state index in [1.807, 2.05) is 6.92 Å². The highest BCUT2D eigenvalue weighted by Crippen LogP contribution is 2.39. The number of Topliss-reactive ketones (excluding diaryl/α,β-unsaturated/α-hetero) is 1. The van der Waals surface area contributed by atoms with E-state index in [-0.39, 0.29) is 17.9 Å². The maximum atomic E-state index is 13.8. The van der Waals surface area contributed by atoms with Crippen molar-refractivity contribution in [1.82, 2.24) is 4.90 Å². The second kappa shape index (κ2) is 7.32. The Labute approximate surface area is 156 Å². The van der Waals surface area contributed by atoms with Gasteiger partial charge in [0, 0.05) is 12.1 Å². The number of β-amino-alcohol motifs (C(OH)–C–C–N with tert-alkyl or cyclic N) is 1. The van der Waals surface area contributed by atoms with Crippen LogP contribution in [0.2, 0.25) is 0 Å². The number of benzene rings is 2. The van der Waals surface area contributed by atoms with Gasteiger partial charge in [0.1, 0.15) is 11.6 Å². The third-order valence-corrected chi connectivity index (χ3v) is 4.49. The summed E-state index contributed by atoms with van der Waals surface area (Å²) < 4.78 is 13.8. The van der Waals surface area contributed by atoms with Gasteiger partial charge in [-0.3, -0.25) is 9.59 Å². The minimum Gasteiger partial charge on any atom is -0.507 e. The van der Waals surface area contributed by atoms with Crippen LogP contribution in [0.5, 0.6) is 0 Å². The number of aliphatic hydroxyl groups excluding tert-OH is 2. The van der Waals surface area contributed by atoms with Crippen LogP contribution in [-0.4, -0.2) is 39.5 Å². The molecule has 0 spiro atoms. The summed E-state index contributed by atoms with van der Waals surface area (Å²) in [5, 5.41) is 20.5. The fraction of sp³-hybridized carbons (Fsp3) is 0.238. The lowest BCUT2D eigenvalue weighted by Gasteiger charge is -2.26. The average Bonchev–Trinajstić information content (AvgIpc) is 2.86. The fourth-order valence-electron chi connectivity index (χ4n) is 3.24. The molecule has 1 fully saturated rings. The van der Waals surface area contributed by atoms with Crippen LogP contribution < -0.4 is 0 Å². The second-order valence-corrected chi connectivity index (χ2v) is 6.72. The Morgan fingerprint density at radius 3 is 2.44 bits per heavy atom. The number of likely N-dealkylation sites (tertiary alicyclic amines) is 1. The van der Waals surface area contributed by atoms with Crippen LogP contribution in [0.3, 0.4) is 0 Å². The van der Waals surface area contributed by atoms with E-state index in [2.05, 4.69) is 0 Å². The molecule has 1 amide bonds. The van der Waals surface area contributed by atoms with Crippen LogP contribution >= 0.6 is 0 Å². The van der Waals surface area contributed by atoms with Gasteiger partial charge in [0.05, 0.1) is 17.7 Å². The molecule has 3 rings (SSSR count). The fourth-order valence-corrected chi connectivity index (χ4v) is 3.24. The molecule has 1 aliphatic rings. The van der Waals surface area contributed by atoms with E-state index < -0.39 is 29.7 Å². The first-order chi connectivity index (χ1) is 12.8. The Kier molecular flexibility index (Phi) is 5.10. The van der Waals surface area contributed by atoms with Crippen LogP contribution in [0.25, 0.3) is 5.76 Å². The predicted octanol–water partition coefficient (Wildman–Crippen LogP) is 2.94. The molecule has 0 bridgehead atoms. The van der Waals surface area contributed by atoms with Crippen molar-refractivity contribution in [2.75, 3.05) is 6.54 Å². The van der Waals surface area contributed by atoms with E-state index >= 15 is 0 Å². The lowest BCUT2D eigenvalue weighted by molar-refractivity contribution is -0.140. The molecule has 2 aromatic carbocycles. The van der Waals surface area contributed by atoms with Crippen LogP contribution in [0, 0.1) is 12.7 Å². The van der Waals surface area contributed by atoms with Crippen LogP contribution in [0.1, 0.15) is 29.7 Å². The number of hydrogen-bond donors (Lipinski definition) is 2. The third kappa shape index (κ3) is 3.61. The predicted molar refractivity (Wildman–Crippen MR) is 98.3 cm³/mol. The maximum Gasteiger partial charge on any atom is 0.295 e. The van der Waals surface area contributed by atoms with Gasteiger partial charge in [0.15, 0.2) is 0 Å². The molecule has 0 saturated carbocycles. The van der Waals surface area contributed by atoms with Gasteiger partial charge in [-0.15, -0.1) is 0 Å². The topological polar surface area (TPSA) is 77.8 Å². The molecule has 2 atom stereocenters. The molecule has 140 valence electrons. The number of ketones is 1. The number of halogens is 1. The summed E-state index contributed by atoms with van der Waals surface area (Å²) in [6, 6.07) is 11.4.